The van der Waals surface area contributed by atoms with Gasteiger partial charge in [0.25, 0.3) is 5.91 Å². The molecule has 1 fully saturated rings. The van der Waals surface area contributed by atoms with Gasteiger partial charge >= 0.3 is 5.97 Å². The normalized spacial score (nSPS) is 16.8. The number of esters is 1. The molecular weight excluding hydrogens is 396 g/mol. The summed E-state index contributed by atoms with van der Waals surface area (Å²) >= 11 is 1.71. The number of nitrogens with zero attached hydrogens (tertiary/aromatic N) is 2. The van der Waals surface area contributed by atoms with Crippen LogP contribution in [0.1, 0.15) is 46.3 Å². The number of aryl methyl sites for hydroxylation is 2. The molecule has 0 spiro atoms. The molecule has 4 rings (SSSR count). The van der Waals surface area contributed by atoms with Gasteiger partial charge in [-0.3, -0.25) is 9.59 Å². The molecule has 30 heavy (non-hydrogen) atoms. The fraction of sp³-hybridized carbons (Fsp3) is 0.417. The van der Waals surface area contributed by atoms with E-state index in [0.29, 0.717) is 31.9 Å². The first kappa shape index (κ1) is 20.7. The molecule has 1 aliphatic heterocycles. The smallest absolute Gasteiger partial charge is 0.310 e. The zero-order valence-corrected chi connectivity index (χ0v) is 18.6. The molecule has 1 atom stereocenters. The van der Waals surface area contributed by atoms with E-state index in [-0.39, 0.29) is 17.8 Å². The Kier molecular flexibility index (Phi) is 5.95. The van der Waals surface area contributed by atoms with Crippen LogP contribution in [0.25, 0.3) is 10.2 Å². The third-order valence-corrected chi connectivity index (χ3v) is 6.84. The van der Waals surface area contributed by atoms with E-state index in [9.17, 15) is 9.59 Å². The second-order valence-corrected chi connectivity index (χ2v) is 9.28. The number of likely N-dealkylation sites (tertiary alicyclic amines) is 1. The van der Waals surface area contributed by atoms with Crippen LogP contribution >= 0.6 is 11.3 Å². The van der Waals surface area contributed by atoms with Crippen LogP contribution in [0.5, 0.6) is 0 Å². The van der Waals surface area contributed by atoms with Crippen LogP contribution in [0.3, 0.4) is 0 Å². The van der Waals surface area contributed by atoms with Gasteiger partial charge in [-0.05, 0) is 56.9 Å². The van der Waals surface area contributed by atoms with Gasteiger partial charge in [-0.2, -0.15) is 0 Å². The number of rotatable bonds is 5. The van der Waals surface area contributed by atoms with Crippen molar-refractivity contribution in [3.63, 3.8) is 0 Å². The number of benzene rings is 1. The maximum absolute atomic E-state index is 13.5. The molecule has 158 valence electrons. The first-order valence-corrected chi connectivity index (χ1v) is 11.4. The summed E-state index contributed by atoms with van der Waals surface area (Å²) in [6, 6.07) is 12.5. The average Bonchev–Trinajstić information content (AvgIpc) is 3.26. The Hall–Kier alpha value is -2.60. The van der Waals surface area contributed by atoms with E-state index >= 15 is 0 Å². The van der Waals surface area contributed by atoms with Crippen molar-refractivity contribution in [3.8, 4) is 0 Å². The minimum atomic E-state index is -0.231. The zero-order chi connectivity index (χ0) is 21.3. The Labute approximate surface area is 181 Å². The van der Waals surface area contributed by atoms with Gasteiger partial charge in [-0.25, -0.2) is 0 Å². The van der Waals surface area contributed by atoms with Gasteiger partial charge in [0.05, 0.1) is 22.7 Å². The maximum atomic E-state index is 13.5. The molecule has 0 N–H and O–H groups in total. The lowest BCUT2D eigenvalue weighted by Gasteiger charge is -2.31. The summed E-state index contributed by atoms with van der Waals surface area (Å²) in [5.74, 6) is -0.425. The van der Waals surface area contributed by atoms with Gasteiger partial charge < -0.3 is 14.2 Å². The Morgan fingerprint density at radius 1 is 1.20 bits per heavy atom. The number of hydrogen-bond donors (Lipinski definition) is 0. The van der Waals surface area contributed by atoms with Gasteiger partial charge in [0.2, 0.25) is 0 Å². The molecule has 3 heterocycles. The summed E-state index contributed by atoms with van der Waals surface area (Å²) in [6.45, 7) is 8.15. The first-order valence-electron chi connectivity index (χ1n) is 10.6. The molecule has 0 aliphatic carbocycles. The Morgan fingerprint density at radius 2 is 2.00 bits per heavy atom. The van der Waals surface area contributed by atoms with Gasteiger partial charge in [0, 0.05) is 24.5 Å². The highest BCUT2D eigenvalue weighted by Crippen LogP contribution is 2.31. The zero-order valence-electron chi connectivity index (χ0n) is 17.8. The fourth-order valence-corrected chi connectivity index (χ4v) is 5.21. The molecule has 1 amide bonds. The van der Waals surface area contributed by atoms with Crippen molar-refractivity contribution in [2.75, 3.05) is 19.7 Å². The first-order chi connectivity index (χ1) is 14.5. The molecule has 0 radical (unpaired) electrons. The van der Waals surface area contributed by atoms with Crippen molar-refractivity contribution >= 4 is 33.4 Å². The quantitative estimate of drug-likeness (QED) is 0.554. The van der Waals surface area contributed by atoms with Gasteiger partial charge in [-0.1, -0.05) is 24.3 Å². The molecule has 0 bridgehead atoms. The monoisotopic (exact) mass is 424 g/mol. The second-order valence-electron chi connectivity index (χ2n) is 7.99. The van der Waals surface area contributed by atoms with E-state index in [1.54, 1.807) is 11.3 Å². The molecule has 1 aliphatic rings. The topological polar surface area (TPSA) is 51.5 Å². The molecule has 2 aromatic heterocycles. The van der Waals surface area contributed by atoms with Crippen molar-refractivity contribution in [2.24, 2.45) is 5.92 Å². The molecule has 1 unspecified atom stereocenters. The molecule has 5 nitrogen and oxygen atoms in total. The van der Waals surface area contributed by atoms with Crippen LogP contribution in [0.2, 0.25) is 0 Å². The second kappa shape index (κ2) is 8.64. The number of ether oxygens (including phenoxy) is 1. The van der Waals surface area contributed by atoms with Gasteiger partial charge in [0.1, 0.15) is 5.69 Å². The lowest BCUT2D eigenvalue weighted by Crippen LogP contribution is -2.43. The third-order valence-electron chi connectivity index (χ3n) is 5.85. The Bertz CT molecular complexity index is 1080. The number of carbonyl (C=O) groups is 2. The average molecular weight is 425 g/mol. The minimum absolute atomic E-state index is 0.00126. The molecule has 1 aromatic carbocycles. The van der Waals surface area contributed by atoms with Crippen molar-refractivity contribution in [2.45, 2.75) is 40.2 Å². The Morgan fingerprint density at radius 3 is 2.77 bits per heavy atom. The van der Waals surface area contributed by atoms with Crippen molar-refractivity contribution in [1.82, 2.24) is 9.47 Å². The minimum Gasteiger partial charge on any atom is -0.466 e. The van der Waals surface area contributed by atoms with Crippen LogP contribution in [-0.2, 0) is 16.1 Å². The van der Waals surface area contributed by atoms with Crippen LogP contribution in [0.4, 0.5) is 0 Å². The van der Waals surface area contributed by atoms with Crippen LogP contribution < -0.4 is 0 Å². The number of aromatic nitrogens is 1. The number of piperidine rings is 1. The van der Waals surface area contributed by atoms with E-state index in [2.05, 4.69) is 36.6 Å². The standard InChI is InChI=1S/C24H28N2O3S/c1-4-29-24(28)19-10-7-11-25(14-19)23(27)21-13-22-20(12-17(3)30-22)26(21)15-18-9-6-5-8-16(18)2/h5-6,8-9,12-13,19H,4,7,10-11,14-15H2,1-3H3. The number of fused-ring (bicyclic) bond motifs is 1. The predicted molar refractivity (Wildman–Crippen MR) is 120 cm³/mol. The highest BCUT2D eigenvalue weighted by atomic mass is 32.1. The van der Waals surface area contributed by atoms with Crippen molar-refractivity contribution in [3.05, 3.63) is 58.1 Å². The molecule has 0 saturated carbocycles. The van der Waals surface area contributed by atoms with E-state index in [1.807, 2.05) is 30.0 Å². The van der Waals surface area contributed by atoms with Crippen LogP contribution in [0, 0.1) is 19.8 Å². The third kappa shape index (κ3) is 4.01. The fourth-order valence-electron chi connectivity index (χ4n) is 4.25. The largest absolute Gasteiger partial charge is 0.466 e. The Balaban J connectivity index is 1.66. The van der Waals surface area contributed by atoms with Gasteiger partial charge in [0.15, 0.2) is 0 Å². The molecule has 6 heteroatoms. The molecule has 1 saturated heterocycles. The highest BCUT2D eigenvalue weighted by Gasteiger charge is 2.31. The SMILES string of the molecule is CCOC(=O)C1CCCN(C(=O)c2cc3sc(C)cc3n2Cc2ccccc2C)C1. The van der Waals surface area contributed by atoms with Crippen molar-refractivity contribution in [1.29, 1.82) is 0 Å². The van der Waals surface area contributed by atoms with Crippen LogP contribution in [0.15, 0.2) is 36.4 Å². The van der Waals surface area contributed by atoms with E-state index in [4.69, 9.17) is 4.74 Å². The highest BCUT2D eigenvalue weighted by molar-refractivity contribution is 7.19. The maximum Gasteiger partial charge on any atom is 0.310 e. The van der Waals surface area contributed by atoms with E-state index < -0.39 is 0 Å². The number of amides is 1. The number of hydrogen-bond acceptors (Lipinski definition) is 4. The van der Waals surface area contributed by atoms with Crippen LogP contribution in [-0.4, -0.2) is 41.0 Å². The van der Waals surface area contributed by atoms with Crippen molar-refractivity contribution < 1.29 is 14.3 Å². The summed E-state index contributed by atoms with van der Waals surface area (Å²) in [7, 11) is 0. The summed E-state index contributed by atoms with van der Waals surface area (Å²) in [4.78, 5) is 28.8. The number of carbonyl (C=O) groups excluding carboxylic acids is 2. The van der Waals surface area contributed by atoms with Gasteiger partial charge in [-0.15, -0.1) is 11.3 Å². The predicted octanol–water partition coefficient (Wildman–Crippen LogP) is 4.78. The van der Waals surface area contributed by atoms with E-state index in [1.165, 1.54) is 16.0 Å². The summed E-state index contributed by atoms with van der Waals surface area (Å²) < 4.78 is 8.46. The number of thiophene rings is 1. The lowest BCUT2D eigenvalue weighted by molar-refractivity contribution is -0.149. The summed E-state index contributed by atoms with van der Waals surface area (Å²) in [5.41, 5.74) is 4.22. The molecule has 3 aromatic rings. The lowest BCUT2D eigenvalue weighted by atomic mass is 9.98. The van der Waals surface area contributed by atoms with E-state index in [0.717, 1.165) is 23.1 Å². The summed E-state index contributed by atoms with van der Waals surface area (Å²) in [5, 5.41) is 0. The summed E-state index contributed by atoms with van der Waals surface area (Å²) in [6.07, 6.45) is 1.60. The molecular formula is C24H28N2O3S.